The molecule has 0 spiro atoms. The molecule has 0 aliphatic carbocycles. The third-order valence-electron chi connectivity index (χ3n) is 6.69. The molecule has 6 aromatic rings. The maximum Gasteiger partial charge on any atom is 0.352 e. The van der Waals surface area contributed by atoms with E-state index < -0.39 is 28.8 Å². The molecule has 0 unspecified atom stereocenters. The number of hydrogen-bond donors (Lipinski definition) is 10. The summed E-state index contributed by atoms with van der Waals surface area (Å²) in [4.78, 5) is 74.6. The second-order valence-corrected chi connectivity index (χ2v) is 10.7. The van der Waals surface area contributed by atoms with Crippen LogP contribution >= 0.6 is 15.9 Å². The Morgan fingerprint density at radius 2 is 1.17 bits per heavy atom. The van der Waals surface area contributed by atoms with Crippen LogP contribution in [0.4, 0.5) is 5.69 Å². The summed E-state index contributed by atoms with van der Waals surface area (Å²) in [6.07, 6.45) is 0. The fraction of sp³-hybridized carbons (Fsp3) is 0.0323. The average Bonchev–Trinajstić information content (AvgIpc) is 3.02. The van der Waals surface area contributed by atoms with Crippen LogP contribution in [-0.2, 0) is 6.61 Å². The smallest absolute Gasteiger partial charge is 0.352 e. The second-order valence-electron chi connectivity index (χ2n) is 9.83. The lowest BCUT2D eigenvalue weighted by Crippen LogP contribution is -2.11. The molecule has 0 radical (unpaired) electrons. The van der Waals surface area contributed by atoms with Gasteiger partial charge in [-0.1, -0.05) is 28.1 Å². The molecule has 0 aliphatic heterocycles. The van der Waals surface area contributed by atoms with E-state index in [1.54, 1.807) is 18.2 Å². The van der Waals surface area contributed by atoms with E-state index in [4.69, 9.17) is 26.2 Å². The normalized spacial score (nSPS) is 10.5. The monoisotopic (exact) mass is 722 g/mol. The number of pyridine rings is 3. The van der Waals surface area contributed by atoms with Crippen LogP contribution in [0.2, 0.25) is 0 Å². The number of nitrogens with two attached hydrogens (primary N) is 1. The number of nitrogens with one attached hydrogen (secondary N) is 3. The third-order valence-corrected chi connectivity index (χ3v) is 7.15. The van der Waals surface area contributed by atoms with Crippen molar-refractivity contribution < 1.29 is 45.0 Å². The molecule has 0 fully saturated rings. The van der Waals surface area contributed by atoms with Crippen molar-refractivity contribution in [2.75, 3.05) is 5.73 Å². The van der Waals surface area contributed by atoms with Crippen LogP contribution in [0.3, 0.4) is 0 Å². The highest BCUT2D eigenvalue weighted by molar-refractivity contribution is 9.10. The van der Waals surface area contributed by atoms with Crippen molar-refractivity contribution >= 4 is 72.2 Å². The van der Waals surface area contributed by atoms with Gasteiger partial charge in [-0.2, -0.15) is 0 Å². The van der Waals surface area contributed by atoms with Crippen molar-refractivity contribution in [2.24, 2.45) is 0 Å². The zero-order valence-electron chi connectivity index (χ0n) is 24.1. The van der Waals surface area contributed by atoms with Gasteiger partial charge >= 0.3 is 17.9 Å². The van der Waals surface area contributed by atoms with Gasteiger partial charge in [-0.25, -0.2) is 14.4 Å². The number of aromatic hydroxyl groups is 2. The van der Waals surface area contributed by atoms with Gasteiger partial charge in [0.05, 0.1) is 39.6 Å². The molecule has 3 heterocycles. The molecule has 3 aromatic heterocycles. The molecular weight excluding hydrogens is 700 g/mol. The average molecular weight is 723 g/mol. The van der Waals surface area contributed by atoms with E-state index in [0.717, 1.165) is 18.2 Å². The number of para-hydroxylation sites is 1. The Morgan fingerprint density at radius 1 is 0.646 bits per heavy atom. The quantitative estimate of drug-likeness (QED) is 0.117. The standard InChI is InChI=1S/C11H9NO5.C10H6BrNO4.C10H8N2O3/c13-4-5-1-2-7(14)10-9(5)8(15)3-6(12-10)11(16)17;11-4-1-5-7(13)3-6(10(15)16)12-9(5)8(14)2-4;11-6-3-1-2-5-8(13)4-7(10(14)15)12-9(5)6/h1-3,13-14H,4H2,(H,12,15)(H,16,17);1-3,14H,(H,12,13)(H,15,16);1-4H,11H2,(H,12,13)(H,14,15). The molecule has 6 rings (SSSR count). The number of aliphatic hydroxyl groups excluding tert-OH is 1. The fourth-order valence-electron chi connectivity index (χ4n) is 4.49. The first-order valence-corrected chi connectivity index (χ1v) is 14.1. The van der Waals surface area contributed by atoms with Crippen LogP contribution in [0.5, 0.6) is 11.5 Å². The Bertz CT molecular complexity index is 2450. The molecule has 3 aromatic carbocycles. The van der Waals surface area contributed by atoms with Crippen LogP contribution in [0.15, 0.2) is 79.5 Å². The molecule has 0 atom stereocenters. The van der Waals surface area contributed by atoms with Gasteiger partial charge in [-0.05, 0) is 35.9 Å². The summed E-state index contributed by atoms with van der Waals surface area (Å²) in [5, 5.41) is 55.2. The summed E-state index contributed by atoms with van der Waals surface area (Å²) in [5.41, 5.74) is 4.72. The van der Waals surface area contributed by atoms with Crippen molar-refractivity contribution in [3.8, 4) is 11.5 Å². The number of hydrogen-bond acceptors (Lipinski definition) is 10. The van der Waals surface area contributed by atoms with Crippen LogP contribution < -0.4 is 22.0 Å². The Balaban J connectivity index is 0.000000163. The van der Waals surface area contributed by atoms with Crippen LogP contribution in [0.1, 0.15) is 37.0 Å². The number of carboxylic acid groups (broad SMARTS) is 3. The Morgan fingerprint density at radius 3 is 1.73 bits per heavy atom. The fourth-order valence-corrected chi connectivity index (χ4v) is 4.93. The van der Waals surface area contributed by atoms with Crippen molar-refractivity contribution in [3.63, 3.8) is 0 Å². The highest BCUT2D eigenvalue weighted by Crippen LogP contribution is 2.26. The predicted molar refractivity (Wildman–Crippen MR) is 176 cm³/mol. The molecule has 0 bridgehead atoms. The predicted octanol–water partition coefficient (Wildman–Crippen LogP) is 2.93. The number of phenols is 2. The SMILES string of the molecule is Nc1cccc2c(=O)cc(C(=O)O)[nH]c12.O=C(O)c1cc(=O)c2c(CO)ccc(O)c2[nH]1.O=C(O)c1cc(=O)c2cc(Br)cc(O)c2[nH]1. The van der Waals surface area contributed by atoms with Crippen LogP contribution in [-0.4, -0.2) is 63.5 Å². The van der Waals surface area contributed by atoms with Gasteiger partial charge in [0.25, 0.3) is 0 Å². The summed E-state index contributed by atoms with van der Waals surface area (Å²) in [7, 11) is 0. The lowest BCUT2D eigenvalue weighted by Gasteiger charge is -2.06. The number of nitrogen functional groups attached to an aromatic ring is 1. The van der Waals surface area contributed by atoms with E-state index in [0.29, 0.717) is 26.6 Å². The number of anilines is 1. The molecule has 48 heavy (non-hydrogen) atoms. The number of carbonyl (C=O) groups is 3. The van der Waals surface area contributed by atoms with Crippen molar-refractivity contribution in [2.45, 2.75) is 6.61 Å². The highest BCUT2D eigenvalue weighted by Gasteiger charge is 2.14. The Hall–Kier alpha value is -6.46. The lowest BCUT2D eigenvalue weighted by atomic mass is 10.1. The topological polar surface area (TPSA) is 297 Å². The number of aliphatic hydroxyl groups is 1. The minimum Gasteiger partial charge on any atom is -0.506 e. The number of H-pyrrole nitrogens is 3. The van der Waals surface area contributed by atoms with Gasteiger partial charge in [0.15, 0.2) is 16.3 Å². The minimum atomic E-state index is -1.29. The Kier molecular flexibility index (Phi) is 9.96. The summed E-state index contributed by atoms with van der Waals surface area (Å²) >= 11 is 3.14. The molecule has 11 N–H and O–H groups in total. The highest BCUT2D eigenvalue weighted by atomic mass is 79.9. The number of aromatic carboxylic acids is 3. The number of aromatic nitrogens is 3. The summed E-state index contributed by atoms with van der Waals surface area (Å²) < 4.78 is 0.547. The second kappa shape index (κ2) is 13.9. The Labute approximate surface area is 274 Å². The molecule has 246 valence electrons. The van der Waals surface area contributed by atoms with Gasteiger partial charge in [0.1, 0.15) is 28.6 Å². The van der Waals surface area contributed by atoms with E-state index in [2.05, 4.69) is 30.9 Å². The summed E-state index contributed by atoms with van der Waals surface area (Å²) in [5.74, 6) is -4.14. The largest absolute Gasteiger partial charge is 0.506 e. The number of fused-ring (bicyclic) bond motifs is 3. The molecule has 0 saturated carbocycles. The van der Waals surface area contributed by atoms with Crippen molar-refractivity contribution in [1.82, 2.24) is 15.0 Å². The molecule has 17 heteroatoms. The molecular formula is C31H23BrN4O12. The first-order valence-electron chi connectivity index (χ1n) is 13.3. The number of halogens is 1. The van der Waals surface area contributed by atoms with E-state index in [9.17, 15) is 39.0 Å². The van der Waals surface area contributed by atoms with E-state index >= 15 is 0 Å². The van der Waals surface area contributed by atoms with Gasteiger partial charge < -0.3 is 51.3 Å². The number of phenolic OH excluding ortho intramolecular Hbond substituents is 2. The molecule has 0 aliphatic rings. The van der Waals surface area contributed by atoms with Gasteiger partial charge in [0.2, 0.25) is 0 Å². The third kappa shape index (κ3) is 7.16. The van der Waals surface area contributed by atoms with E-state index in [-0.39, 0.29) is 62.4 Å². The number of aromatic amines is 3. The van der Waals surface area contributed by atoms with Crippen LogP contribution in [0.25, 0.3) is 32.7 Å². The number of benzene rings is 3. The zero-order chi connectivity index (χ0) is 35.4. The van der Waals surface area contributed by atoms with E-state index in [1.165, 1.54) is 24.3 Å². The van der Waals surface area contributed by atoms with Gasteiger partial charge in [-0.3, -0.25) is 14.4 Å². The van der Waals surface area contributed by atoms with Crippen LogP contribution in [0, 0.1) is 0 Å². The van der Waals surface area contributed by atoms with Gasteiger partial charge in [-0.15, -0.1) is 0 Å². The first kappa shape index (κ1) is 34.4. The lowest BCUT2D eigenvalue weighted by molar-refractivity contribution is 0.0680. The number of rotatable bonds is 4. The first-order chi connectivity index (χ1) is 22.6. The van der Waals surface area contributed by atoms with Gasteiger partial charge in [0, 0.05) is 28.1 Å². The maximum atomic E-state index is 11.7. The van der Waals surface area contributed by atoms with Crippen molar-refractivity contribution in [1.29, 1.82) is 0 Å². The zero-order valence-corrected chi connectivity index (χ0v) is 25.7. The molecule has 0 saturated heterocycles. The van der Waals surface area contributed by atoms with Crippen molar-refractivity contribution in [3.05, 3.63) is 118 Å². The minimum absolute atomic E-state index is 0.0152. The number of carboxylic acids is 3. The maximum absolute atomic E-state index is 11.7. The summed E-state index contributed by atoms with van der Waals surface area (Å²) in [6.45, 7) is -0.369. The molecule has 16 nitrogen and oxygen atoms in total. The summed E-state index contributed by atoms with van der Waals surface area (Å²) in [6, 6.07) is 13.4. The molecule has 0 amide bonds. The van der Waals surface area contributed by atoms with E-state index in [1.807, 2.05) is 0 Å².